The fourth-order valence-corrected chi connectivity index (χ4v) is 7.77. The molecule has 49 heavy (non-hydrogen) atoms. The van der Waals surface area contributed by atoms with E-state index in [9.17, 15) is 10.5 Å². The lowest BCUT2D eigenvalue weighted by molar-refractivity contribution is 0.673. The molecule has 5 nitrogen and oxygen atoms in total. The van der Waals surface area contributed by atoms with Crippen molar-refractivity contribution in [2.75, 3.05) is 0 Å². The highest BCUT2D eigenvalue weighted by Gasteiger charge is 2.23. The van der Waals surface area contributed by atoms with Crippen molar-refractivity contribution >= 4 is 65.6 Å². The second kappa shape index (κ2) is 10.2. The van der Waals surface area contributed by atoms with Crippen molar-refractivity contribution < 1.29 is 4.42 Å². The molecule has 7 aromatic carbocycles. The van der Waals surface area contributed by atoms with Gasteiger partial charge in [-0.05, 0) is 60.7 Å². The van der Waals surface area contributed by atoms with Gasteiger partial charge in [-0.2, -0.15) is 10.5 Å². The number of aromatic nitrogens is 2. The van der Waals surface area contributed by atoms with Crippen LogP contribution in [0.2, 0.25) is 0 Å². The first-order valence-electron chi connectivity index (χ1n) is 16.1. The molecule has 10 rings (SSSR count). The molecule has 0 spiro atoms. The summed E-state index contributed by atoms with van der Waals surface area (Å²) in [4.78, 5) is 0. The maximum absolute atomic E-state index is 10.6. The average Bonchev–Trinajstić information content (AvgIpc) is 3.82. The first kappa shape index (κ1) is 27.1. The summed E-state index contributed by atoms with van der Waals surface area (Å²) in [7, 11) is 0. The third kappa shape index (κ3) is 3.73. The van der Waals surface area contributed by atoms with Crippen molar-refractivity contribution in [1.82, 2.24) is 9.13 Å². The summed E-state index contributed by atoms with van der Waals surface area (Å²) in [6, 6.07) is 54.1. The Bertz CT molecular complexity index is 3090. The Morgan fingerprint density at radius 3 is 1.98 bits per heavy atom. The van der Waals surface area contributed by atoms with Crippen molar-refractivity contribution in [2.45, 2.75) is 0 Å². The Morgan fingerprint density at radius 2 is 1.14 bits per heavy atom. The van der Waals surface area contributed by atoms with Gasteiger partial charge in [0.15, 0.2) is 0 Å². The van der Waals surface area contributed by atoms with Crippen LogP contribution in [0.3, 0.4) is 0 Å². The summed E-state index contributed by atoms with van der Waals surface area (Å²) >= 11 is 0. The van der Waals surface area contributed by atoms with Gasteiger partial charge in [0, 0.05) is 38.1 Å². The van der Waals surface area contributed by atoms with E-state index in [2.05, 4.69) is 106 Å². The monoisotopic (exact) mass is 624 g/mol. The Balaban J connectivity index is 1.32. The molecular weight excluding hydrogens is 601 g/mol. The summed E-state index contributed by atoms with van der Waals surface area (Å²) in [6.07, 6.45) is 0. The number of rotatable bonds is 3. The maximum Gasteiger partial charge on any atom is 0.145 e. The molecule has 10 aromatic rings. The molecule has 0 N–H and O–H groups in total. The Morgan fingerprint density at radius 1 is 0.469 bits per heavy atom. The van der Waals surface area contributed by atoms with Crippen LogP contribution in [-0.4, -0.2) is 9.13 Å². The van der Waals surface area contributed by atoms with Crippen molar-refractivity contribution in [2.24, 2.45) is 0 Å². The molecule has 5 heteroatoms. The van der Waals surface area contributed by atoms with Crippen molar-refractivity contribution in [3.63, 3.8) is 0 Å². The lowest BCUT2D eigenvalue weighted by Gasteiger charge is -2.19. The zero-order valence-electron chi connectivity index (χ0n) is 26.1. The van der Waals surface area contributed by atoms with Crippen LogP contribution in [0.15, 0.2) is 150 Å². The summed E-state index contributed by atoms with van der Waals surface area (Å²) < 4.78 is 11.1. The average molecular weight is 625 g/mol. The fourth-order valence-electron chi connectivity index (χ4n) is 7.77. The zero-order chi connectivity index (χ0) is 32.6. The molecule has 3 aromatic heterocycles. The van der Waals surface area contributed by atoms with Crippen LogP contribution in [0.25, 0.3) is 88.1 Å². The van der Waals surface area contributed by atoms with E-state index < -0.39 is 0 Å². The van der Waals surface area contributed by atoms with Gasteiger partial charge in [-0.15, -0.1) is 0 Å². The molecule has 0 fully saturated rings. The SMILES string of the molecule is N#Cc1ccc2c(c1)c1ccccc1n2-c1c(C#N)cccc1-c1ccccc1-n1c2ccccc2c2c3oc4ccccc4c3ccc21. The molecule has 3 heterocycles. The van der Waals surface area contributed by atoms with Gasteiger partial charge in [0.05, 0.1) is 56.0 Å². The van der Waals surface area contributed by atoms with E-state index >= 15 is 0 Å². The topological polar surface area (TPSA) is 70.6 Å². The molecule has 0 aliphatic rings. The van der Waals surface area contributed by atoms with E-state index in [0.29, 0.717) is 11.1 Å². The highest BCUT2D eigenvalue weighted by Crippen LogP contribution is 2.44. The van der Waals surface area contributed by atoms with Crippen LogP contribution < -0.4 is 0 Å². The lowest BCUT2D eigenvalue weighted by atomic mass is 9.98. The number of nitriles is 2. The van der Waals surface area contributed by atoms with Gasteiger partial charge in [0.2, 0.25) is 0 Å². The summed E-state index contributed by atoms with van der Waals surface area (Å²) in [5.41, 5.74) is 10.6. The summed E-state index contributed by atoms with van der Waals surface area (Å²) in [6.45, 7) is 0. The Labute approximate surface area is 280 Å². The van der Waals surface area contributed by atoms with Crippen LogP contribution in [0.5, 0.6) is 0 Å². The third-order valence-corrected chi connectivity index (χ3v) is 9.80. The van der Waals surface area contributed by atoms with E-state index in [1.807, 2.05) is 60.7 Å². The molecule has 0 aliphatic carbocycles. The van der Waals surface area contributed by atoms with Crippen LogP contribution in [0.4, 0.5) is 0 Å². The van der Waals surface area contributed by atoms with Gasteiger partial charge in [0.25, 0.3) is 0 Å². The molecule has 0 aliphatic heterocycles. The molecule has 0 unspecified atom stereocenters. The minimum atomic E-state index is 0.561. The molecular formula is C44H24N4O. The number of fused-ring (bicyclic) bond motifs is 10. The van der Waals surface area contributed by atoms with Crippen LogP contribution in [0.1, 0.15) is 11.1 Å². The van der Waals surface area contributed by atoms with Gasteiger partial charge in [0.1, 0.15) is 17.2 Å². The van der Waals surface area contributed by atoms with Crippen LogP contribution in [0, 0.1) is 22.7 Å². The molecule has 0 saturated heterocycles. The van der Waals surface area contributed by atoms with E-state index in [0.717, 1.165) is 88.1 Å². The fraction of sp³-hybridized carbons (Fsp3) is 0. The predicted molar refractivity (Wildman–Crippen MR) is 197 cm³/mol. The van der Waals surface area contributed by atoms with Gasteiger partial charge < -0.3 is 13.6 Å². The highest BCUT2D eigenvalue weighted by molar-refractivity contribution is 6.24. The van der Waals surface area contributed by atoms with Gasteiger partial charge in [-0.1, -0.05) is 84.9 Å². The van der Waals surface area contributed by atoms with Gasteiger partial charge >= 0.3 is 0 Å². The lowest BCUT2D eigenvalue weighted by Crippen LogP contribution is -2.03. The Kier molecular flexibility index (Phi) is 5.64. The first-order chi connectivity index (χ1) is 24.2. The Hall–Kier alpha value is -7.08. The second-order valence-electron chi connectivity index (χ2n) is 12.3. The van der Waals surface area contributed by atoms with E-state index in [-0.39, 0.29) is 0 Å². The maximum atomic E-state index is 10.6. The summed E-state index contributed by atoms with van der Waals surface area (Å²) in [5.74, 6) is 0. The quantitative estimate of drug-likeness (QED) is 0.196. The van der Waals surface area contributed by atoms with E-state index in [4.69, 9.17) is 4.42 Å². The minimum Gasteiger partial charge on any atom is -0.455 e. The molecule has 0 bridgehead atoms. The van der Waals surface area contributed by atoms with Gasteiger partial charge in [-0.3, -0.25) is 0 Å². The smallest absolute Gasteiger partial charge is 0.145 e. The first-order valence-corrected chi connectivity index (χ1v) is 16.1. The largest absolute Gasteiger partial charge is 0.455 e. The molecule has 226 valence electrons. The molecule has 0 saturated carbocycles. The van der Waals surface area contributed by atoms with Crippen LogP contribution >= 0.6 is 0 Å². The van der Waals surface area contributed by atoms with Crippen molar-refractivity contribution in [1.29, 1.82) is 10.5 Å². The normalized spacial score (nSPS) is 11.6. The summed E-state index contributed by atoms with van der Waals surface area (Å²) in [5, 5.41) is 26.7. The number of benzene rings is 7. The number of nitrogens with zero attached hydrogens (tertiary/aromatic N) is 4. The number of hydrogen-bond donors (Lipinski definition) is 0. The van der Waals surface area contributed by atoms with Crippen molar-refractivity contribution in [3.8, 4) is 34.6 Å². The molecule has 0 atom stereocenters. The van der Waals surface area contributed by atoms with Crippen molar-refractivity contribution in [3.05, 3.63) is 157 Å². The number of para-hydroxylation sites is 5. The standard InChI is InChI=1S/C44H24N4O/c45-25-27-20-22-39-35(24-27)30-12-2-6-17-37(30)48(39)43-28(26-46)10-9-15-32(43)29-11-1-5-16-36(29)47-38-18-7-3-14-34(38)42-40(47)23-21-33-31-13-4-8-19-41(31)49-44(33)42/h1-24H. The minimum absolute atomic E-state index is 0.561. The molecule has 0 radical (unpaired) electrons. The molecule has 0 amide bonds. The zero-order valence-corrected chi connectivity index (χ0v) is 26.1. The van der Waals surface area contributed by atoms with E-state index in [1.165, 1.54) is 0 Å². The third-order valence-electron chi connectivity index (χ3n) is 9.80. The van der Waals surface area contributed by atoms with Crippen LogP contribution in [-0.2, 0) is 0 Å². The predicted octanol–water partition coefficient (Wildman–Crippen LogP) is 11.2. The number of hydrogen-bond acceptors (Lipinski definition) is 3. The highest BCUT2D eigenvalue weighted by atomic mass is 16.3. The number of furan rings is 1. The van der Waals surface area contributed by atoms with E-state index in [1.54, 1.807) is 0 Å². The second-order valence-corrected chi connectivity index (χ2v) is 12.3. The van der Waals surface area contributed by atoms with Gasteiger partial charge in [-0.25, -0.2) is 0 Å².